The first-order valence-electron chi connectivity index (χ1n) is 7.48. The highest BCUT2D eigenvalue weighted by Crippen LogP contribution is 2.27. The minimum atomic E-state index is 1.04. The highest BCUT2D eigenvalue weighted by atomic mass is 14.1. The van der Waals surface area contributed by atoms with Gasteiger partial charge in [0.15, 0.2) is 0 Å². The Kier molecular flexibility index (Phi) is 4.08. The summed E-state index contributed by atoms with van der Waals surface area (Å²) >= 11 is 0. The average Bonchev–Trinajstić information content (AvgIpc) is 2.55. The number of hydrogen-bond acceptors (Lipinski definition) is 0. The minimum absolute atomic E-state index is 1.04. The largest absolute Gasteiger partial charge is 0.0622 e. The topological polar surface area (TPSA) is 0 Å². The van der Waals surface area contributed by atoms with Crippen LogP contribution in [-0.4, -0.2) is 0 Å². The molecule has 3 aromatic rings. The Morgan fingerprint density at radius 2 is 1.09 bits per heavy atom. The summed E-state index contributed by atoms with van der Waals surface area (Å²) in [4.78, 5) is 0. The van der Waals surface area contributed by atoms with E-state index in [1.165, 1.54) is 22.3 Å². The van der Waals surface area contributed by atoms with Gasteiger partial charge < -0.3 is 0 Å². The van der Waals surface area contributed by atoms with Crippen LogP contribution in [0.15, 0.2) is 72.8 Å². The molecule has 0 aliphatic heterocycles. The quantitative estimate of drug-likeness (QED) is 0.526. The van der Waals surface area contributed by atoms with Gasteiger partial charge in [-0.05, 0) is 60.4 Å². The predicted octanol–water partition coefficient (Wildman–Crippen LogP) is 5.37. The van der Waals surface area contributed by atoms with E-state index in [2.05, 4.69) is 68.2 Å². The van der Waals surface area contributed by atoms with Crippen LogP contribution in [0.3, 0.4) is 0 Å². The molecular weight excluding hydrogens is 264 g/mol. The number of rotatable bonds is 1. The van der Waals surface area contributed by atoms with Crippen LogP contribution in [0.2, 0.25) is 0 Å². The standard InChI is InChI=1S/C22H18/c1-17-7-6-8-18(2)22(17)21-15-13-20(14-16-21)12-11-19-9-4-3-5-10-19/h3-10,13-16H,1-2H3. The summed E-state index contributed by atoms with van der Waals surface area (Å²) in [6.07, 6.45) is 0. The SMILES string of the molecule is Cc1cccc(C)c1-c1ccc(C#Cc2ccccc2)cc1. The molecule has 0 aromatic heterocycles. The van der Waals surface area contributed by atoms with E-state index >= 15 is 0 Å². The van der Waals surface area contributed by atoms with Gasteiger partial charge in [0.25, 0.3) is 0 Å². The van der Waals surface area contributed by atoms with E-state index in [0.29, 0.717) is 0 Å². The van der Waals surface area contributed by atoms with E-state index in [1.807, 2.05) is 30.3 Å². The molecule has 0 fully saturated rings. The minimum Gasteiger partial charge on any atom is -0.0622 e. The van der Waals surface area contributed by atoms with Gasteiger partial charge in [0.05, 0.1) is 0 Å². The number of benzene rings is 3. The molecular formula is C22H18. The van der Waals surface area contributed by atoms with Crippen molar-refractivity contribution in [3.8, 4) is 23.0 Å². The average molecular weight is 282 g/mol. The molecule has 0 atom stereocenters. The van der Waals surface area contributed by atoms with Crippen molar-refractivity contribution in [3.05, 3.63) is 95.1 Å². The normalized spacial score (nSPS) is 9.91. The second-order valence-electron chi connectivity index (χ2n) is 5.46. The fourth-order valence-electron chi connectivity index (χ4n) is 2.66. The van der Waals surface area contributed by atoms with Crippen LogP contribution in [-0.2, 0) is 0 Å². The van der Waals surface area contributed by atoms with Crippen molar-refractivity contribution >= 4 is 0 Å². The Morgan fingerprint density at radius 1 is 0.545 bits per heavy atom. The molecule has 0 unspecified atom stereocenters. The first-order chi connectivity index (χ1) is 10.7. The van der Waals surface area contributed by atoms with Crippen LogP contribution in [0, 0.1) is 25.7 Å². The molecule has 0 heterocycles. The Bertz CT molecular complexity index is 808. The maximum atomic E-state index is 3.22. The molecule has 22 heavy (non-hydrogen) atoms. The van der Waals surface area contributed by atoms with Crippen molar-refractivity contribution in [2.24, 2.45) is 0 Å². The summed E-state index contributed by atoms with van der Waals surface area (Å²) in [6, 6.07) is 25.0. The first kappa shape index (κ1) is 14.2. The fraction of sp³-hybridized carbons (Fsp3) is 0.0909. The van der Waals surface area contributed by atoms with Gasteiger partial charge in [0.2, 0.25) is 0 Å². The molecule has 0 aliphatic carbocycles. The lowest BCUT2D eigenvalue weighted by atomic mass is 9.95. The molecule has 0 aliphatic rings. The second kappa shape index (κ2) is 6.33. The maximum absolute atomic E-state index is 3.22. The summed E-state index contributed by atoms with van der Waals surface area (Å²) in [5.74, 6) is 6.41. The van der Waals surface area contributed by atoms with Crippen molar-refractivity contribution in [1.29, 1.82) is 0 Å². The van der Waals surface area contributed by atoms with Gasteiger partial charge in [-0.2, -0.15) is 0 Å². The lowest BCUT2D eigenvalue weighted by molar-refractivity contribution is 1.38. The molecule has 0 amide bonds. The zero-order chi connectivity index (χ0) is 15.4. The molecule has 3 aromatic carbocycles. The highest BCUT2D eigenvalue weighted by Gasteiger charge is 2.04. The summed E-state index contributed by atoms with van der Waals surface area (Å²) in [7, 11) is 0. The van der Waals surface area contributed by atoms with E-state index in [1.54, 1.807) is 0 Å². The fourth-order valence-corrected chi connectivity index (χ4v) is 2.66. The summed E-state index contributed by atoms with van der Waals surface area (Å²) in [5.41, 5.74) is 7.28. The van der Waals surface area contributed by atoms with Crippen molar-refractivity contribution in [2.45, 2.75) is 13.8 Å². The van der Waals surface area contributed by atoms with E-state index in [4.69, 9.17) is 0 Å². The van der Waals surface area contributed by atoms with Gasteiger partial charge in [-0.25, -0.2) is 0 Å². The first-order valence-corrected chi connectivity index (χ1v) is 7.48. The zero-order valence-electron chi connectivity index (χ0n) is 12.9. The van der Waals surface area contributed by atoms with Crippen LogP contribution in [0.25, 0.3) is 11.1 Å². The molecule has 0 nitrogen and oxygen atoms in total. The monoisotopic (exact) mass is 282 g/mol. The van der Waals surface area contributed by atoms with Gasteiger partial charge in [0, 0.05) is 11.1 Å². The van der Waals surface area contributed by atoms with Crippen LogP contribution >= 0.6 is 0 Å². The van der Waals surface area contributed by atoms with Gasteiger partial charge in [0.1, 0.15) is 0 Å². The van der Waals surface area contributed by atoms with E-state index in [0.717, 1.165) is 11.1 Å². The maximum Gasteiger partial charge on any atom is 0.0249 e. The Labute approximate surface area is 132 Å². The molecule has 0 N–H and O–H groups in total. The molecule has 0 heteroatoms. The van der Waals surface area contributed by atoms with Crippen LogP contribution < -0.4 is 0 Å². The van der Waals surface area contributed by atoms with Gasteiger partial charge in [-0.1, -0.05) is 60.4 Å². The molecule has 0 saturated heterocycles. The van der Waals surface area contributed by atoms with Gasteiger partial charge >= 0.3 is 0 Å². The van der Waals surface area contributed by atoms with Crippen LogP contribution in [0.5, 0.6) is 0 Å². The molecule has 3 rings (SSSR count). The Hall–Kier alpha value is -2.78. The van der Waals surface area contributed by atoms with Crippen molar-refractivity contribution in [1.82, 2.24) is 0 Å². The van der Waals surface area contributed by atoms with Crippen LogP contribution in [0.4, 0.5) is 0 Å². The number of aryl methyl sites for hydroxylation is 2. The highest BCUT2D eigenvalue weighted by molar-refractivity contribution is 5.71. The zero-order valence-corrected chi connectivity index (χ0v) is 12.9. The van der Waals surface area contributed by atoms with Gasteiger partial charge in [-0.15, -0.1) is 0 Å². The summed E-state index contributed by atoms with van der Waals surface area (Å²) in [6.45, 7) is 4.32. The smallest absolute Gasteiger partial charge is 0.0249 e. The lowest BCUT2D eigenvalue weighted by Crippen LogP contribution is -1.87. The summed E-state index contributed by atoms with van der Waals surface area (Å²) in [5, 5.41) is 0. The third kappa shape index (κ3) is 3.10. The molecule has 0 saturated carbocycles. The van der Waals surface area contributed by atoms with Crippen molar-refractivity contribution < 1.29 is 0 Å². The van der Waals surface area contributed by atoms with E-state index < -0.39 is 0 Å². The number of hydrogen-bond donors (Lipinski definition) is 0. The van der Waals surface area contributed by atoms with Crippen molar-refractivity contribution in [3.63, 3.8) is 0 Å². The molecule has 106 valence electrons. The van der Waals surface area contributed by atoms with Gasteiger partial charge in [-0.3, -0.25) is 0 Å². The Balaban J connectivity index is 1.90. The van der Waals surface area contributed by atoms with E-state index in [-0.39, 0.29) is 0 Å². The molecule has 0 spiro atoms. The van der Waals surface area contributed by atoms with Crippen LogP contribution in [0.1, 0.15) is 22.3 Å². The third-order valence-electron chi connectivity index (χ3n) is 3.78. The molecule has 0 bridgehead atoms. The van der Waals surface area contributed by atoms with E-state index in [9.17, 15) is 0 Å². The molecule has 0 radical (unpaired) electrons. The van der Waals surface area contributed by atoms with Crippen molar-refractivity contribution in [2.75, 3.05) is 0 Å². The lowest BCUT2D eigenvalue weighted by Gasteiger charge is -2.09. The third-order valence-corrected chi connectivity index (χ3v) is 3.78. The second-order valence-corrected chi connectivity index (χ2v) is 5.46. The summed E-state index contributed by atoms with van der Waals surface area (Å²) < 4.78 is 0. The Morgan fingerprint density at radius 3 is 1.68 bits per heavy atom. The predicted molar refractivity (Wildman–Crippen MR) is 93.8 cm³/mol.